The highest BCUT2D eigenvalue weighted by Crippen LogP contribution is 2.16. The first kappa shape index (κ1) is 16.9. The van der Waals surface area contributed by atoms with Crippen molar-refractivity contribution in [2.45, 2.75) is 58.9 Å². The van der Waals surface area contributed by atoms with Crippen LogP contribution in [0.5, 0.6) is 0 Å². The predicted octanol–water partition coefficient (Wildman–Crippen LogP) is 2.56. The van der Waals surface area contributed by atoms with Crippen LogP contribution < -0.4 is 5.73 Å². The molecule has 1 heterocycles. The van der Waals surface area contributed by atoms with Crippen LogP contribution in [0.2, 0.25) is 0 Å². The molecule has 0 spiro atoms. The topological polar surface area (TPSA) is 32.5 Å². The standard InChI is InChI=1S/C16H35N3/c1-4-7-8-15(5-2)14-18-9-11-19(12-10-18)16(6-3)13-17/h15-16H,4-14,17H2,1-3H3. The molecule has 1 saturated heterocycles. The summed E-state index contributed by atoms with van der Waals surface area (Å²) >= 11 is 0. The second-order valence-corrected chi connectivity index (χ2v) is 6.05. The minimum Gasteiger partial charge on any atom is -0.329 e. The lowest BCUT2D eigenvalue weighted by Gasteiger charge is -2.39. The Kier molecular flexibility index (Phi) is 8.67. The van der Waals surface area contributed by atoms with Gasteiger partial charge in [0.15, 0.2) is 0 Å². The van der Waals surface area contributed by atoms with Gasteiger partial charge in [0.25, 0.3) is 0 Å². The summed E-state index contributed by atoms with van der Waals surface area (Å²) in [6.45, 7) is 13.9. The number of nitrogens with two attached hydrogens (primary N) is 1. The number of rotatable bonds is 9. The third kappa shape index (κ3) is 5.80. The van der Waals surface area contributed by atoms with E-state index in [1.54, 1.807) is 0 Å². The van der Waals surface area contributed by atoms with Crippen molar-refractivity contribution in [3.05, 3.63) is 0 Å². The third-order valence-corrected chi connectivity index (χ3v) is 4.73. The average molecular weight is 269 g/mol. The zero-order valence-electron chi connectivity index (χ0n) is 13.4. The molecular formula is C16H35N3. The largest absolute Gasteiger partial charge is 0.329 e. The summed E-state index contributed by atoms with van der Waals surface area (Å²) in [5.41, 5.74) is 5.85. The maximum Gasteiger partial charge on any atom is 0.0216 e. The molecule has 114 valence electrons. The van der Waals surface area contributed by atoms with Crippen molar-refractivity contribution in [1.29, 1.82) is 0 Å². The fraction of sp³-hybridized carbons (Fsp3) is 1.00. The van der Waals surface area contributed by atoms with Crippen LogP contribution in [0, 0.1) is 5.92 Å². The molecule has 2 unspecified atom stereocenters. The summed E-state index contributed by atoms with van der Waals surface area (Å²) in [6.07, 6.45) is 6.65. The molecule has 3 heteroatoms. The van der Waals surface area contributed by atoms with E-state index in [-0.39, 0.29) is 0 Å². The van der Waals surface area contributed by atoms with E-state index in [2.05, 4.69) is 30.6 Å². The lowest BCUT2D eigenvalue weighted by atomic mass is 9.98. The molecule has 1 rings (SSSR count). The van der Waals surface area contributed by atoms with Crippen LogP contribution in [0.1, 0.15) is 52.9 Å². The molecule has 3 nitrogen and oxygen atoms in total. The first-order valence-electron chi connectivity index (χ1n) is 8.41. The number of piperazine rings is 1. The van der Waals surface area contributed by atoms with Gasteiger partial charge in [0.1, 0.15) is 0 Å². The van der Waals surface area contributed by atoms with Crippen LogP contribution in [0.4, 0.5) is 0 Å². The Bertz CT molecular complexity index is 208. The number of hydrogen-bond donors (Lipinski definition) is 1. The molecule has 1 aliphatic rings. The van der Waals surface area contributed by atoms with Gasteiger partial charge in [-0.3, -0.25) is 4.90 Å². The highest BCUT2D eigenvalue weighted by atomic mass is 15.3. The van der Waals surface area contributed by atoms with Gasteiger partial charge in [0.05, 0.1) is 0 Å². The van der Waals surface area contributed by atoms with Crippen LogP contribution >= 0.6 is 0 Å². The number of nitrogens with zero attached hydrogens (tertiary/aromatic N) is 2. The first-order valence-corrected chi connectivity index (χ1v) is 8.41. The number of unbranched alkanes of at least 4 members (excludes halogenated alkanes) is 1. The van der Waals surface area contributed by atoms with Gasteiger partial charge in [-0.25, -0.2) is 0 Å². The van der Waals surface area contributed by atoms with Crippen molar-refractivity contribution in [3.8, 4) is 0 Å². The Balaban J connectivity index is 2.28. The fourth-order valence-corrected chi connectivity index (χ4v) is 3.17. The zero-order valence-corrected chi connectivity index (χ0v) is 13.4. The molecule has 19 heavy (non-hydrogen) atoms. The van der Waals surface area contributed by atoms with Crippen LogP contribution in [-0.4, -0.2) is 55.1 Å². The molecule has 0 radical (unpaired) electrons. The summed E-state index contributed by atoms with van der Waals surface area (Å²) in [6, 6.07) is 0.601. The van der Waals surface area contributed by atoms with Crippen molar-refractivity contribution in [2.24, 2.45) is 11.7 Å². The van der Waals surface area contributed by atoms with Crippen molar-refractivity contribution in [1.82, 2.24) is 9.80 Å². The Morgan fingerprint density at radius 1 is 1.00 bits per heavy atom. The lowest BCUT2D eigenvalue weighted by molar-refractivity contribution is 0.0847. The molecule has 2 N–H and O–H groups in total. The van der Waals surface area contributed by atoms with E-state index in [1.165, 1.54) is 64.8 Å². The fourth-order valence-electron chi connectivity index (χ4n) is 3.17. The molecule has 1 aliphatic heterocycles. The van der Waals surface area contributed by atoms with Crippen molar-refractivity contribution < 1.29 is 0 Å². The van der Waals surface area contributed by atoms with Crippen molar-refractivity contribution >= 4 is 0 Å². The predicted molar refractivity (Wildman–Crippen MR) is 84.5 cm³/mol. The van der Waals surface area contributed by atoms with Crippen molar-refractivity contribution in [3.63, 3.8) is 0 Å². The van der Waals surface area contributed by atoms with E-state index in [1.807, 2.05) is 0 Å². The summed E-state index contributed by atoms with van der Waals surface area (Å²) in [5, 5.41) is 0. The lowest BCUT2D eigenvalue weighted by Crippen LogP contribution is -2.52. The van der Waals surface area contributed by atoms with E-state index >= 15 is 0 Å². The Morgan fingerprint density at radius 2 is 1.68 bits per heavy atom. The van der Waals surface area contributed by atoms with Gasteiger partial charge in [0.2, 0.25) is 0 Å². The van der Waals surface area contributed by atoms with Gasteiger partial charge in [-0.2, -0.15) is 0 Å². The molecule has 0 aromatic carbocycles. The highest BCUT2D eigenvalue weighted by molar-refractivity contribution is 4.79. The van der Waals surface area contributed by atoms with Crippen LogP contribution in [0.25, 0.3) is 0 Å². The third-order valence-electron chi connectivity index (χ3n) is 4.73. The first-order chi connectivity index (χ1) is 9.24. The summed E-state index contributed by atoms with van der Waals surface area (Å²) in [4.78, 5) is 5.26. The van der Waals surface area contributed by atoms with Gasteiger partial charge in [0, 0.05) is 45.3 Å². The second kappa shape index (κ2) is 9.73. The molecule has 0 aromatic heterocycles. The average Bonchev–Trinajstić information content (AvgIpc) is 2.46. The molecule has 0 amide bonds. The maximum absolute atomic E-state index is 5.85. The molecule has 0 bridgehead atoms. The van der Waals surface area contributed by atoms with Gasteiger partial charge < -0.3 is 10.6 Å². The van der Waals surface area contributed by atoms with Crippen molar-refractivity contribution in [2.75, 3.05) is 39.3 Å². The SMILES string of the molecule is CCCCC(CC)CN1CCN(C(CC)CN)CC1. The van der Waals surface area contributed by atoms with E-state index in [0.29, 0.717) is 6.04 Å². The molecular weight excluding hydrogens is 234 g/mol. The molecule has 0 aliphatic carbocycles. The molecule has 1 fully saturated rings. The van der Waals surface area contributed by atoms with Gasteiger partial charge in [-0.1, -0.05) is 40.0 Å². The van der Waals surface area contributed by atoms with E-state index in [9.17, 15) is 0 Å². The quantitative estimate of drug-likeness (QED) is 0.698. The summed E-state index contributed by atoms with van der Waals surface area (Å²) in [7, 11) is 0. The monoisotopic (exact) mass is 269 g/mol. The van der Waals surface area contributed by atoms with Crippen LogP contribution in [-0.2, 0) is 0 Å². The Labute approximate surface area is 120 Å². The minimum absolute atomic E-state index is 0.601. The smallest absolute Gasteiger partial charge is 0.0216 e. The Hall–Kier alpha value is -0.120. The summed E-state index contributed by atoms with van der Waals surface area (Å²) in [5.74, 6) is 0.906. The highest BCUT2D eigenvalue weighted by Gasteiger charge is 2.22. The molecule has 0 aromatic rings. The van der Waals surface area contributed by atoms with Gasteiger partial charge >= 0.3 is 0 Å². The summed E-state index contributed by atoms with van der Waals surface area (Å²) < 4.78 is 0. The molecule has 2 atom stereocenters. The zero-order chi connectivity index (χ0) is 14.1. The maximum atomic E-state index is 5.85. The van der Waals surface area contributed by atoms with Gasteiger partial charge in [-0.15, -0.1) is 0 Å². The van der Waals surface area contributed by atoms with E-state index in [4.69, 9.17) is 5.73 Å². The van der Waals surface area contributed by atoms with Crippen LogP contribution in [0.3, 0.4) is 0 Å². The normalized spacial score (nSPS) is 21.5. The van der Waals surface area contributed by atoms with Crippen LogP contribution in [0.15, 0.2) is 0 Å². The Morgan fingerprint density at radius 3 is 2.16 bits per heavy atom. The van der Waals surface area contributed by atoms with E-state index in [0.717, 1.165) is 12.5 Å². The second-order valence-electron chi connectivity index (χ2n) is 6.05. The minimum atomic E-state index is 0.601. The van der Waals surface area contributed by atoms with Gasteiger partial charge in [-0.05, 0) is 18.8 Å². The number of hydrogen-bond acceptors (Lipinski definition) is 3. The van der Waals surface area contributed by atoms with E-state index < -0.39 is 0 Å². The molecule has 0 saturated carbocycles.